The first kappa shape index (κ1) is 15.5. The summed E-state index contributed by atoms with van der Waals surface area (Å²) in [5.74, 6) is 1.18. The standard InChI is InChI=1S/C14H24N2O3S/c1-4-16(10-12-5-6-12)20(17,18)14-8-7-13(19-14)9-15-11(2)3/h7-8,11-12,15H,4-6,9-10H2,1-3H3. The SMILES string of the molecule is CCN(CC1CC1)S(=O)(=O)c1ccc(CNC(C)C)o1. The van der Waals surface area contributed by atoms with E-state index in [2.05, 4.69) is 5.32 Å². The lowest BCUT2D eigenvalue weighted by molar-refractivity contribution is 0.360. The summed E-state index contributed by atoms with van der Waals surface area (Å²) in [6.07, 6.45) is 2.27. The van der Waals surface area contributed by atoms with Gasteiger partial charge in [-0.25, -0.2) is 8.42 Å². The number of nitrogens with zero attached hydrogens (tertiary/aromatic N) is 1. The Hall–Kier alpha value is -0.850. The molecule has 0 radical (unpaired) electrons. The van der Waals surface area contributed by atoms with Crippen LogP contribution < -0.4 is 5.32 Å². The summed E-state index contributed by atoms with van der Waals surface area (Å²) < 4.78 is 32.0. The highest BCUT2D eigenvalue weighted by atomic mass is 32.2. The van der Waals surface area contributed by atoms with Crippen molar-refractivity contribution in [1.29, 1.82) is 0 Å². The van der Waals surface area contributed by atoms with E-state index in [-0.39, 0.29) is 5.09 Å². The first-order valence-electron chi connectivity index (χ1n) is 7.25. The first-order valence-corrected chi connectivity index (χ1v) is 8.69. The third-order valence-electron chi connectivity index (χ3n) is 3.43. The molecule has 0 saturated heterocycles. The minimum Gasteiger partial charge on any atom is -0.447 e. The molecule has 20 heavy (non-hydrogen) atoms. The number of rotatable bonds is 8. The van der Waals surface area contributed by atoms with Gasteiger partial charge in [0.25, 0.3) is 10.0 Å². The molecule has 1 aromatic rings. The molecular formula is C14H24N2O3S. The maximum atomic E-state index is 12.5. The number of hydrogen-bond acceptors (Lipinski definition) is 4. The average Bonchev–Trinajstić information content (AvgIpc) is 3.07. The molecule has 1 aromatic heterocycles. The fourth-order valence-electron chi connectivity index (χ4n) is 2.01. The molecule has 5 nitrogen and oxygen atoms in total. The number of sulfonamides is 1. The van der Waals surface area contributed by atoms with E-state index >= 15 is 0 Å². The van der Waals surface area contributed by atoms with Crippen LogP contribution in [0.25, 0.3) is 0 Å². The number of hydrogen-bond donors (Lipinski definition) is 1. The molecular weight excluding hydrogens is 276 g/mol. The smallest absolute Gasteiger partial charge is 0.276 e. The first-order chi connectivity index (χ1) is 9.43. The summed E-state index contributed by atoms with van der Waals surface area (Å²) in [5, 5.41) is 3.27. The lowest BCUT2D eigenvalue weighted by Gasteiger charge is -2.18. The van der Waals surface area contributed by atoms with Gasteiger partial charge in [-0.15, -0.1) is 0 Å². The molecule has 0 atom stereocenters. The van der Waals surface area contributed by atoms with Crippen molar-refractivity contribution in [1.82, 2.24) is 9.62 Å². The van der Waals surface area contributed by atoms with Gasteiger partial charge in [-0.1, -0.05) is 20.8 Å². The predicted octanol–water partition coefficient (Wildman–Crippen LogP) is 2.20. The van der Waals surface area contributed by atoms with Gasteiger partial charge in [0.05, 0.1) is 6.54 Å². The zero-order valence-electron chi connectivity index (χ0n) is 12.4. The van der Waals surface area contributed by atoms with Gasteiger partial charge in [0.2, 0.25) is 5.09 Å². The summed E-state index contributed by atoms with van der Waals surface area (Å²) in [5.41, 5.74) is 0. The van der Waals surface area contributed by atoms with Crippen LogP contribution in [0.2, 0.25) is 0 Å². The summed E-state index contributed by atoms with van der Waals surface area (Å²) in [7, 11) is -3.49. The Kier molecular flexibility index (Phi) is 4.88. The van der Waals surface area contributed by atoms with Gasteiger partial charge in [-0.2, -0.15) is 4.31 Å². The molecule has 0 aromatic carbocycles. The van der Waals surface area contributed by atoms with Gasteiger partial charge < -0.3 is 9.73 Å². The predicted molar refractivity (Wildman–Crippen MR) is 77.8 cm³/mol. The van der Waals surface area contributed by atoms with E-state index in [9.17, 15) is 8.42 Å². The van der Waals surface area contributed by atoms with E-state index < -0.39 is 10.0 Å². The summed E-state index contributed by atoms with van der Waals surface area (Å²) in [4.78, 5) is 0. The van der Waals surface area contributed by atoms with Crippen LogP contribution in [-0.2, 0) is 16.6 Å². The van der Waals surface area contributed by atoms with E-state index in [0.717, 1.165) is 12.8 Å². The van der Waals surface area contributed by atoms with Crippen molar-refractivity contribution in [3.63, 3.8) is 0 Å². The van der Waals surface area contributed by atoms with Crippen LogP contribution in [-0.4, -0.2) is 31.9 Å². The second kappa shape index (κ2) is 6.28. The highest BCUT2D eigenvalue weighted by Crippen LogP contribution is 2.31. The zero-order chi connectivity index (χ0) is 14.8. The van der Waals surface area contributed by atoms with E-state index in [1.165, 1.54) is 4.31 Å². The normalized spacial score (nSPS) is 16.2. The highest BCUT2D eigenvalue weighted by molar-refractivity contribution is 7.89. The van der Waals surface area contributed by atoms with Crippen LogP contribution in [0.15, 0.2) is 21.6 Å². The molecule has 2 rings (SSSR count). The second-order valence-electron chi connectivity index (χ2n) is 5.66. The molecule has 1 aliphatic carbocycles. The number of nitrogens with one attached hydrogen (secondary N) is 1. The van der Waals surface area contributed by atoms with Crippen molar-refractivity contribution in [2.45, 2.75) is 51.3 Å². The quantitative estimate of drug-likeness (QED) is 0.799. The van der Waals surface area contributed by atoms with E-state index in [1.54, 1.807) is 12.1 Å². The monoisotopic (exact) mass is 300 g/mol. The van der Waals surface area contributed by atoms with Crippen molar-refractivity contribution < 1.29 is 12.8 Å². The van der Waals surface area contributed by atoms with Gasteiger partial charge in [0, 0.05) is 19.1 Å². The lowest BCUT2D eigenvalue weighted by Crippen LogP contribution is -2.32. The molecule has 1 fully saturated rings. The van der Waals surface area contributed by atoms with Crippen LogP contribution in [0.4, 0.5) is 0 Å². The Bertz CT molecular complexity index is 532. The van der Waals surface area contributed by atoms with Crippen LogP contribution in [0.5, 0.6) is 0 Å². The summed E-state index contributed by atoms with van der Waals surface area (Å²) in [6, 6.07) is 3.62. The van der Waals surface area contributed by atoms with Crippen molar-refractivity contribution in [2.75, 3.05) is 13.1 Å². The van der Waals surface area contributed by atoms with Gasteiger partial charge >= 0.3 is 0 Å². The zero-order valence-corrected chi connectivity index (χ0v) is 13.2. The van der Waals surface area contributed by atoms with Crippen molar-refractivity contribution in [3.05, 3.63) is 17.9 Å². The van der Waals surface area contributed by atoms with Gasteiger partial charge in [0.1, 0.15) is 5.76 Å². The Morgan fingerprint density at radius 2 is 2.10 bits per heavy atom. The molecule has 1 N–H and O–H groups in total. The third-order valence-corrected chi connectivity index (χ3v) is 5.24. The van der Waals surface area contributed by atoms with Crippen LogP contribution in [0, 0.1) is 5.92 Å². The van der Waals surface area contributed by atoms with Gasteiger partial charge in [0.15, 0.2) is 0 Å². The lowest BCUT2D eigenvalue weighted by atomic mass is 10.3. The molecule has 6 heteroatoms. The number of furan rings is 1. The Morgan fingerprint density at radius 3 is 2.65 bits per heavy atom. The fourth-order valence-corrected chi connectivity index (χ4v) is 3.46. The Labute approximate surface area is 121 Å². The minimum atomic E-state index is -3.49. The van der Waals surface area contributed by atoms with Crippen molar-refractivity contribution in [3.8, 4) is 0 Å². The summed E-state index contributed by atoms with van der Waals surface area (Å²) in [6.45, 7) is 7.58. The van der Waals surface area contributed by atoms with Crippen molar-refractivity contribution in [2.24, 2.45) is 5.92 Å². The molecule has 0 amide bonds. The van der Waals surface area contributed by atoms with Gasteiger partial charge in [-0.3, -0.25) is 0 Å². The second-order valence-corrected chi connectivity index (χ2v) is 7.52. The average molecular weight is 300 g/mol. The Morgan fingerprint density at radius 1 is 1.40 bits per heavy atom. The Balaban J connectivity index is 2.07. The minimum absolute atomic E-state index is 0.0561. The highest BCUT2D eigenvalue weighted by Gasteiger charge is 2.32. The van der Waals surface area contributed by atoms with Crippen molar-refractivity contribution >= 4 is 10.0 Å². The van der Waals surface area contributed by atoms with Gasteiger partial charge in [-0.05, 0) is 30.9 Å². The molecule has 114 valence electrons. The molecule has 0 aliphatic heterocycles. The van der Waals surface area contributed by atoms with E-state index in [1.807, 2.05) is 20.8 Å². The maximum Gasteiger partial charge on any atom is 0.276 e. The third kappa shape index (κ3) is 3.84. The molecule has 1 heterocycles. The molecule has 1 aliphatic rings. The molecule has 0 unspecified atom stereocenters. The summed E-state index contributed by atoms with van der Waals surface area (Å²) >= 11 is 0. The molecule has 0 spiro atoms. The van der Waals surface area contributed by atoms with Crippen LogP contribution in [0.1, 0.15) is 39.4 Å². The van der Waals surface area contributed by atoms with E-state index in [4.69, 9.17) is 4.42 Å². The largest absolute Gasteiger partial charge is 0.447 e. The molecule has 0 bridgehead atoms. The van der Waals surface area contributed by atoms with Crippen LogP contribution in [0.3, 0.4) is 0 Å². The van der Waals surface area contributed by atoms with E-state index in [0.29, 0.717) is 37.4 Å². The molecule has 1 saturated carbocycles. The topological polar surface area (TPSA) is 62.6 Å². The fraction of sp³-hybridized carbons (Fsp3) is 0.714. The van der Waals surface area contributed by atoms with Crippen LogP contribution >= 0.6 is 0 Å². The maximum absolute atomic E-state index is 12.5.